The molecule has 2 aromatic rings. The summed E-state index contributed by atoms with van der Waals surface area (Å²) in [4.78, 5) is 17.0. The minimum atomic E-state index is -3.67. The highest BCUT2D eigenvalue weighted by Gasteiger charge is 2.36. The van der Waals surface area contributed by atoms with Gasteiger partial charge in [-0.2, -0.15) is 0 Å². The molecule has 0 aromatic heterocycles. The fraction of sp³-hybridized carbons (Fsp3) is 0.500. The van der Waals surface area contributed by atoms with E-state index in [1.165, 1.54) is 18.5 Å². The average Bonchev–Trinajstić information content (AvgIpc) is 3.57. The second-order valence-corrected chi connectivity index (χ2v) is 11.6. The summed E-state index contributed by atoms with van der Waals surface area (Å²) >= 11 is 0. The minimum absolute atomic E-state index is 0.159. The van der Waals surface area contributed by atoms with Gasteiger partial charge in [0.2, 0.25) is 15.9 Å². The maximum Gasteiger partial charge on any atom is 0.241 e. The van der Waals surface area contributed by atoms with Gasteiger partial charge in [-0.1, -0.05) is 19.1 Å². The molecule has 0 unspecified atom stereocenters. The summed E-state index contributed by atoms with van der Waals surface area (Å²) in [5.74, 6) is 1.04. The molecule has 5 rings (SSSR count). The van der Waals surface area contributed by atoms with E-state index in [4.69, 9.17) is 0 Å². The van der Waals surface area contributed by atoms with E-state index in [0.717, 1.165) is 42.7 Å². The summed E-state index contributed by atoms with van der Waals surface area (Å²) in [5, 5.41) is 0. The van der Waals surface area contributed by atoms with Gasteiger partial charge in [0.05, 0.1) is 4.90 Å². The van der Waals surface area contributed by atoms with E-state index < -0.39 is 10.0 Å². The van der Waals surface area contributed by atoms with Gasteiger partial charge < -0.3 is 9.80 Å². The van der Waals surface area contributed by atoms with Crippen molar-refractivity contribution in [2.24, 2.45) is 11.8 Å². The van der Waals surface area contributed by atoms with Crippen LogP contribution in [0.2, 0.25) is 0 Å². The van der Waals surface area contributed by atoms with Gasteiger partial charge in [0.25, 0.3) is 0 Å². The van der Waals surface area contributed by atoms with Crippen LogP contribution in [0, 0.1) is 11.8 Å². The molecule has 2 fully saturated rings. The molecule has 1 amide bonds. The predicted molar refractivity (Wildman–Crippen MR) is 131 cm³/mol. The number of rotatable bonds is 6. The molecule has 2 atom stereocenters. The molecule has 176 valence electrons. The number of nitrogens with zero attached hydrogens (tertiary/aromatic N) is 2. The molecule has 1 saturated carbocycles. The zero-order chi connectivity index (χ0) is 23.2. The Hall–Kier alpha value is -2.38. The minimum Gasteiger partial charge on any atom is -0.371 e. The van der Waals surface area contributed by atoms with Crippen LogP contribution < -0.4 is 14.5 Å². The number of benzene rings is 2. The van der Waals surface area contributed by atoms with E-state index in [2.05, 4.69) is 28.7 Å². The van der Waals surface area contributed by atoms with Gasteiger partial charge >= 0.3 is 0 Å². The number of fused-ring (bicyclic) bond motifs is 1. The number of hydrogen-bond donors (Lipinski definition) is 1. The first-order chi connectivity index (χ1) is 15.8. The van der Waals surface area contributed by atoms with Crippen molar-refractivity contribution in [3.63, 3.8) is 0 Å². The lowest BCUT2D eigenvalue weighted by atomic mass is 9.99. The zero-order valence-electron chi connectivity index (χ0n) is 19.5. The molecule has 1 saturated heterocycles. The summed E-state index contributed by atoms with van der Waals surface area (Å²) in [6, 6.07) is 13.0. The molecule has 1 aliphatic carbocycles. The second kappa shape index (κ2) is 8.76. The van der Waals surface area contributed by atoms with Crippen LogP contribution in [-0.2, 0) is 21.2 Å². The quantitative estimate of drug-likeness (QED) is 0.689. The van der Waals surface area contributed by atoms with Crippen molar-refractivity contribution in [3.05, 3.63) is 53.6 Å². The van der Waals surface area contributed by atoms with E-state index in [-0.39, 0.29) is 22.8 Å². The normalized spacial score (nSPS) is 21.7. The Bertz CT molecular complexity index is 1140. The van der Waals surface area contributed by atoms with E-state index in [9.17, 15) is 13.2 Å². The molecule has 33 heavy (non-hydrogen) atoms. The number of carbonyl (C=O) groups is 1. The van der Waals surface area contributed by atoms with Crippen LogP contribution in [0.3, 0.4) is 0 Å². The SMILES string of the molecule is C[C@H]1CCCN(c2ccc([C@@H](C)NS(=O)(=O)c3ccc4c(c3)CCN4C(=O)C3CC3)cc2)C1. The molecule has 0 radical (unpaired) electrons. The molecule has 6 nitrogen and oxygen atoms in total. The van der Waals surface area contributed by atoms with Crippen molar-refractivity contribution in [2.45, 2.75) is 56.9 Å². The molecule has 2 heterocycles. The first-order valence-electron chi connectivity index (χ1n) is 12.1. The van der Waals surface area contributed by atoms with Crippen LogP contribution in [0.15, 0.2) is 47.4 Å². The van der Waals surface area contributed by atoms with Gasteiger partial charge in [-0.25, -0.2) is 13.1 Å². The monoisotopic (exact) mass is 467 g/mol. The third kappa shape index (κ3) is 4.66. The Labute approximate surface area is 197 Å². The largest absolute Gasteiger partial charge is 0.371 e. The van der Waals surface area contributed by atoms with Crippen LogP contribution in [0.4, 0.5) is 11.4 Å². The molecular weight excluding hydrogens is 434 g/mol. The molecule has 7 heteroatoms. The lowest BCUT2D eigenvalue weighted by Crippen LogP contribution is -2.34. The van der Waals surface area contributed by atoms with Crippen molar-refractivity contribution in [3.8, 4) is 0 Å². The van der Waals surface area contributed by atoms with Gasteiger partial charge in [0.15, 0.2) is 0 Å². The number of sulfonamides is 1. The lowest BCUT2D eigenvalue weighted by molar-refractivity contribution is -0.119. The summed E-state index contributed by atoms with van der Waals surface area (Å²) in [5.41, 5.74) is 3.93. The number of amides is 1. The Balaban J connectivity index is 1.27. The number of piperidine rings is 1. The average molecular weight is 468 g/mol. The van der Waals surface area contributed by atoms with Crippen molar-refractivity contribution in [1.82, 2.24) is 4.72 Å². The third-order valence-electron chi connectivity index (χ3n) is 7.20. The summed E-state index contributed by atoms with van der Waals surface area (Å²) in [7, 11) is -3.67. The molecule has 0 spiro atoms. The maximum atomic E-state index is 13.1. The zero-order valence-corrected chi connectivity index (χ0v) is 20.3. The van der Waals surface area contributed by atoms with Crippen LogP contribution in [0.25, 0.3) is 0 Å². The Morgan fingerprint density at radius 3 is 2.52 bits per heavy atom. The van der Waals surface area contributed by atoms with E-state index in [1.807, 2.05) is 24.0 Å². The Morgan fingerprint density at radius 2 is 1.82 bits per heavy atom. The number of carbonyl (C=O) groups excluding carboxylic acids is 1. The summed E-state index contributed by atoms with van der Waals surface area (Å²) < 4.78 is 29.0. The number of hydrogen-bond acceptors (Lipinski definition) is 4. The van der Waals surface area contributed by atoms with E-state index >= 15 is 0 Å². The highest BCUT2D eigenvalue weighted by molar-refractivity contribution is 7.89. The third-order valence-corrected chi connectivity index (χ3v) is 8.73. The smallest absolute Gasteiger partial charge is 0.241 e. The van der Waals surface area contributed by atoms with Gasteiger partial charge in [-0.15, -0.1) is 0 Å². The lowest BCUT2D eigenvalue weighted by Gasteiger charge is -2.33. The van der Waals surface area contributed by atoms with Crippen LogP contribution >= 0.6 is 0 Å². The van der Waals surface area contributed by atoms with Gasteiger partial charge in [0.1, 0.15) is 0 Å². The first kappa shape index (κ1) is 22.4. The summed E-state index contributed by atoms with van der Waals surface area (Å²) in [6.07, 6.45) is 5.13. The van der Waals surface area contributed by atoms with Crippen LogP contribution in [0.5, 0.6) is 0 Å². The maximum absolute atomic E-state index is 13.1. The highest BCUT2D eigenvalue weighted by Crippen LogP contribution is 2.37. The first-order valence-corrected chi connectivity index (χ1v) is 13.6. The van der Waals surface area contributed by atoms with Crippen LogP contribution in [0.1, 0.15) is 56.7 Å². The van der Waals surface area contributed by atoms with Gasteiger partial charge in [-0.05, 0) is 86.4 Å². The van der Waals surface area contributed by atoms with Crippen molar-refractivity contribution in [1.29, 1.82) is 0 Å². The standard InChI is InChI=1S/C26H33N3O3S/c1-18-4-3-14-28(17-18)23-9-7-20(8-10-23)19(2)27-33(31,32)24-11-12-25-22(16-24)13-15-29(25)26(30)21-5-6-21/h7-12,16,18-19,21,27H,3-6,13-15,17H2,1-2H3/t18-,19+/m0/s1. The molecule has 2 aliphatic heterocycles. The van der Waals surface area contributed by atoms with Crippen molar-refractivity contribution < 1.29 is 13.2 Å². The van der Waals surface area contributed by atoms with Gasteiger partial charge in [-0.3, -0.25) is 4.79 Å². The number of nitrogens with one attached hydrogen (secondary N) is 1. The Kier molecular flexibility index (Phi) is 5.95. The predicted octanol–water partition coefficient (Wildman–Crippen LogP) is 4.26. The topological polar surface area (TPSA) is 69.7 Å². The fourth-order valence-corrected chi connectivity index (χ4v) is 6.37. The van der Waals surface area contributed by atoms with Crippen LogP contribution in [-0.4, -0.2) is 34.0 Å². The fourth-order valence-electron chi connectivity index (χ4n) is 5.09. The van der Waals surface area contributed by atoms with Crippen molar-refractivity contribution in [2.75, 3.05) is 29.4 Å². The molecule has 1 N–H and O–H groups in total. The second-order valence-electron chi connectivity index (χ2n) is 9.93. The summed E-state index contributed by atoms with van der Waals surface area (Å²) in [6.45, 7) is 6.95. The van der Waals surface area contributed by atoms with Gasteiger partial charge in [0, 0.05) is 43.0 Å². The molecule has 0 bridgehead atoms. The number of anilines is 2. The van der Waals surface area contributed by atoms with Crippen molar-refractivity contribution >= 4 is 27.3 Å². The molecular formula is C26H33N3O3S. The van der Waals surface area contributed by atoms with E-state index in [1.54, 1.807) is 18.2 Å². The molecule has 3 aliphatic rings. The van der Waals surface area contributed by atoms with E-state index in [0.29, 0.717) is 18.9 Å². The Morgan fingerprint density at radius 1 is 1.06 bits per heavy atom. The molecule has 2 aromatic carbocycles. The highest BCUT2D eigenvalue weighted by atomic mass is 32.2.